The fourth-order valence-electron chi connectivity index (χ4n) is 9.19. The summed E-state index contributed by atoms with van der Waals surface area (Å²) in [5, 5.41) is 0. The van der Waals surface area contributed by atoms with Gasteiger partial charge in [-0.05, 0) is 84.9 Å². The molecule has 0 amide bonds. The van der Waals surface area contributed by atoms with E-state index >= 15 is 0 Å². The number of hydrogen-bond donors (Lipinski definition) is 0. The summed E-state index contributed by atoms with van der Waals surface area (Å²) in [5.41, 5.74) is 2.10. The monoisotopic (exact) mass is 330 g/mol. The molecule has 8 atom stereocenters. The van der Waals surface area contributed by atoms with Crippen molar-refractivity contribution >= 4 is 5.97 Å². The lowest BCUT2D eigenvalue weighted by atomic mass is 9.39. The molecule has 6 saturated carbocycles. The second-order valence-corrected chi connectivity index (χ2v) is 11.1. The van der Waals surface area contributed by atoms with Gasteiger partial charge in [0, 0.05) is 12.3 Å². The molecule has 4 bridgehead atoms. The summed E-state index contributed by atoms with van der Waals surface area (Å²) in [7, 11) is 0. The molecule has 24 heavy (non-hydrogen) atoms. The van der Waals surface area contributed by atoms with Crippen molar-refractivity contribution in [3.63, 3.8) is 0 Å². The zero-order valence-corrected chi connectivity index (χ0v) is 16.0. The second-order valence-electron chi connectivity index (χ2n) is 11.1. The first kappa shape index (κ1) is 15.7. The van der Waals surface area contributed by atoms with Gasteiger partial charge in [0.15, 0.2) is 0 Å². The average molecular weight is 331 g/mol. The van der Waals surface area contributed by atoms with Crippen LogP contribution in [0, 0.1) is 45.3 Å². The van der Waals surface area contributed by atoms with Crippen LogP contribution in [0.15, 0.2) is 0 Å². The fourth-order valence-corrected chi connectivity index (χ4v) is 9.19. The Labute approximate surface area is 147 Å². The van der Waals surface area contributed by atoms with Crippen LogP contribution in [0.4, 0.5) is 0 Å². The van der Waals surface area contributed by atoms with Crippen molar-refractivity contribution in [2.24, 2.45) is 45.3 Å². The molecule has 0 aromatic rings. The maximum Gasteiger partial charge on any atom is 0.302 e. The molecule has 8 unspecified atom stereocenters. The third-order valence-electron chi connectivity index (χ3n) is 10.1. The topological polar surface area (TPSA) is 26.3 Å². The van der Waals surface area contributed by atoms with Crippen LogP contribution < -0.4 is 0 Å². The van der Waals surface area contributed by atoms with E-state index < -0.39 is 0 Å². The number of hydrogen-bond acceptors (Lipinski definition) is 2. The van der Waals surface area contributed by atoms with Crippen LogP contribution in [-0.4, -0.2) is 12.6 Å². The zero-order valence-electron chi connectivity index (χ0n) is 16.0. The van der Waals surface area contributed by atoms with Crippen molar-refractivity contribution in [1.82, 2.24) is 0 Å². The van der Waals surface area contributed by atoms with Gasteiger partial charge in [0.25, 0.3) is 0 Å². The Bertz CT molecular complexity index is 599. The standard InChI is InChI=1S/C22H34O2/c1-14(23)24-13-19(2)7-5-8-20(3)17(19)6-9-22-11-16-15(10-18(20)22)21(16,4)12-22/h15-18H,5-13H2,1-4H3. The summed E-state index contributed by atoms with van der Waals surface area (Å²) in [4.78, 5) is 11.4. The minimum Gasteiger partial charge on any atom is -0.465 e. The molecule has 1 spiro atoms. The molecule has 6 aliphatic carbocycles. The van der Waals surface area contributed by atoms with Gasteiger partial charge in [0.1, 0.15) is 0 Å². The number of ether oxygens (including phenoxy) is 1. The smallest absolute Gasteiger partial charge is 0.302 e. The molecule has 0 heterocycles. The van der Waals surface area contributed by atoms with Gasteiger partial charge in [-0.25, -0.2) is 0 Å². The minimum atomic E-state index is -0.107. The van der Waals surface area contributed by atoms with Gasteiger partial charge in [0.2, 0.25) is 0 Å². The highest BCUT2D eigenvalue weighted by Crippen LogP contribution is 2.85. The van der Waals surface area contributed by atoms with Crippen LogP contribution in [0.3, 0.4) is 0 Å². The van der Waals surface area contributed by atoms with E-state index in [1.807, 2.05) is 0 Å². The first-order valence-electron chi connectivity index (χ1n) is 10.4. The Morgan fingerprint density at radius 3 is 2.50 bits per heavy atom. The molecular formula is C22H34O2. The van der Waals surface area contributed by atoms with Gasteiger partial charge in [0.05, 0.1) is 6.61 Å². The van der Waals surface area contributed by atoms with Crippen LogP contribution in [0.2, 0.25) is 0 Å². The van der Waals surface area contributed by atoms with E-state index in [0.717, 1.165) is 29.1 Å². The van der Waals surface area contributed by atoms with E-state index in [0.29, 0.717) is 17.4 Å². The Balaban J connectivity index is 1.46. The lowest BCUT2D eigenvalue weighted by Gasteiger charge is -2.65. The van der Waals surface area contributed by atoms with Crippen molar-refractivity contribution in [2.45, 2.75) is 79.1 Å². The van der Waals surface area contributed by atoms with Crippen LogP contribution in [0.5, 0.6) is 0 Å². The molecule has 134 valence electrons. The number of carbonyl (C=O) groups excluding carboxylic acids is 1. The summed E-state index contributed by atoms with van der Waals surface area (Å²) < 4.78 is 5.56. The Morgan fingerprint density at radius 1 is 1.04 bits per heavy atom. The van der Waals surface area contributed by atoms with Gasteiger partial charge in [-0.2, -0.15) is 0 Å². The molecule has 6 aliphatic rings. The predicted molar refractivity (Wildman–Crippen MR) is 94.3 cm³/mol. The van der Waals surface area contributed by atoms with E-state index in [1.165, 1.54) is 44.9 Å². The van der Waals surface area contributed by atoms with Gasteiger partial charge in [-0.1, -0.05) is 27.2 Å². The highest BCUT2D eigenvalue weighted by molar-refractivity contribution is 5.65. The van der Waals surface area contributed by atoms with Gasteiger partial charge < -0.3 is 4.74 Å². The first-order chi connectivity index (χ1) is 11.2. The first-order valence-corrected chi connectivity index (χ1v) is 10.4. The molecule has 0 aromatic carbocycles. The molecule has 6 rings (SSSR count). The predicted octanol–water partition coefficient (Wildman–Crippen LogP) is 5.21. The van der Waals surface area contributed by atoms with Crippen molar-refractivity contribution in [3.8, 4) is 0 Å². The zero-order chi connectivity index (χ0) is 17.0. The molecule has 0 aliphatic heterocycles. The Morgan fingerprint density at radius 2 is 1.83 bits per heavy atom. The molecule has 0 N–H and O–H groups in total. The summed E-state index contributed by atoms with van der Waals surface area (Å²) in [6.45, 7) is 9.85. The third-order valence-corrected chi connectivity index (χ3v) is 10.1. The van der Waals surface area contributed by atoms with Crippen LogP contribution in [-0.2, 0) is 9.53 Å². The van der Waals surface area contributed by atoms with Crippen LogP contribution in [0.1, 0.15) is 79.1 Å². The maximum atomic E-state index is 11.4. The number of carbonyl (C=O) groups is 1. The Hall–Kier alpha value is -0.530. The van der Waals surface area contributed by atoms with Crippen molar-refractivity contribution in [2.75, 3.05) is 6.61 Å². The molecular weight excluding hydrogens is 296 g/mol. The van der Waals surface area contributed by atoms with E-state index in [4.69, 9.17) is 4.74 Å². The van der Waals surface area contributed by atoms with Crippen LogP contribution >= 0.6 is 0 Å². The van der Waals surface area contributed by atoms with Gasteiger partial charge >= 0.3 is 5.97 Å². The van der Waals surface area contributed by atoms with Crippen molar-refractivity contribution in [1.29, 1.82) is 0 Å². The number of rotatable bonds is 2. The lowest BCUT2D eigenvalue weighted by Crippen LogP contribution is -2.58. The van der Waals surface area contributed by atoms with Gasteiger partial charge in [-0.3, -0.25) is 4.79 Å². The maximum absolute atomic E-state index is 11.4. The summed E-state index contributed by atoms with van der Waals surface area (Å²) >= 11 is 0. The summed E-state index contributed by atoms with van der Waals surface area (Å²) in [6.07, 6.45) is 11.4. The Kier molecular flexibility index (Phi) is 2.88. The number of fused-ring (bicyclic) bond motifs is 1. The van der Waals surface area contributed by atoms with Crippen molar-refractivity contribution in [3.05, 3.63) is 0 Å². The van der Waals surface area contributed by atoms with Crippen molar-refractivity contribution < 1.29 is 9.53 Å². The molecule has 2 nitrogen and oxygen atoms in total. The molecule has 0 radical (unpaired) electrons. The SMILES string of the molecule is CC(=O)OCC1(C)CCCC2(C)C1CCC13CC4C(CC12)C4(C)C3. The minimum absolute atomic E-state index is 0.107. The average Bonchev–Trinajstić information content (AvgIpc) is 2.96. The second kappa shape index (κ2) is 4.41. The quantitative estimate of drug-likeness (QED) is 0.650. The van der Waals surface area contributed by atoms with Gasteiger partial charge in [-0.15, -0.1) is 0 Å². The molecule has 0 saturated heterocycles. The fraction of sp³-hybridized carbons (Fsp3) is 0.955. The largest absolute Gasteiger partial charge is 0.465 e. The normalized spacial score (nSPS) is 60.2. The van der Waals surface area contributed by atoms with Crippen LogP contribution in [0.25, 0.3) is 0 Å². The molecule has 6 fully saturated rings. The van der Waals surface area contributed by atoms with E-state index in [-0.39, 0.29) is 11.4 Å². The highest BCUT2D eigenvalue weighted by Gasteiger charge is 2.78. The third kappa shape index (κ3) is 1.71. The summed E-state index contributed by atoms with van der Waals surface area (Å²) in [6, 6.07) is 0. The summed E-state index contributed by atoms with van der Waals surface area (Å²) in [5.74, 6) is 3.70. The lowest BCUT2D eigenvalue weighted by molar-refractivity contribution is -0.181. The molecule has 0 aromatic heterocycles. The number of esters is 1. The molecule has 2 heteroatoms. The highest BCUT2D eigenvalue weighted by atomic mass is 16.5. The van der Waals surface area contributed by atoms with E-state index in [9.17, 15) is 4.79 Å². The van der Waals surface area contributed by atoms with E-state index in [1.54, 1.807) is 13.3 Å². The van der Waals surface area contributed by atoms with E-state index in [2.05, 4.69) is 20.8 Å².